The zero-order valence-electron chi connectivity index (χ0n) is 10.5. The van der Waals surface area contributed by atoms with Crippen molar-refractivity contribution in [2.24, 2.45) is 0 Å². The molecule has 1 aromatic carbocycles. The van der Waals surface area contributed by atoms with Gasteiger partial charge in [0, 0.05) is 11.8 Å². The SMILES string of the molecule is COc1ccc(Nc2ccc([N+](=O)[O-])c(N)n2)cc1Br. The Morgan fingerprint density at radius 1 is 1.40 bits per heavy atom. The van der Waals surface area contributed by atoms with Crippen molar-refractivity contribution in [3.63, 3.8) is 0 Å². The van der Waals surface area contributed by atoms with Gasteiger partial charge in [0.25, 0.3) is 0 Å². The molecule has 0 spiro atoms. The number of hydrogen-bond acceptors (Lipinski definition) is 6. The van der Waals surface area contributed by atoms with E-state index in [1.165, 1.54) is 12.1 Å². The number of ether oxygens (including phenoxy) is 1. The number of nitro groups is 1. The van der Waals surface area contributed by atoms with E-state index in [9.17, 15) is 10.1 Å². The van der Waals surface area contributed by atoms with Crippen molar-refractivity contribution in [1.82, 2.24) is 4.98 Å². The summed E-state index contributed by atoms with van der Waals surface area (Å²) in [4.78, 5) is 14.0. The molecule has 0 bridgehead atoms. The average Bonchev–Trinajstić information content (AvgIpc) is 2.38. The second-order valence-corrected chi connectivity index (χ2v) is 4.69. The third kappa shape index (κ3) is 2.97. The third-order valence-electron chi connectivity index (χ3n) is 2.52. The molecule has 8 heteroatoms. The number of nitrogen functional groups attached to an aromatic ring is 1. The van der Waals surface area contributed by atoms with Crippen LogP contribution in [0.5, 0.6) is 5.75 Å². The zero-order chi connectivity index (χ0) is 14.7. The Kier molecular flexibility index (Phi) is 4.04. The predicted molar refractivity (Wildman–Crippen MR) is 79.3 cm³/mol. The van der Waals surface area contributed by atoms with E-state index in [4.69, 9.17) is 10.5 Å². The Morgan fingerprint density at radius 2 is 2.15 bits per heavy atom. The van der Waals surface area contributed by atoms with Gasteiger partial charge in [-0.25, -0.2) is 4.98 Å². The molecule has 0 radical (unpaired) electrons. The van der Waals surface area contributed by atoms with Crippen LogP contribution in [0.1, 0.15) is 0 Å². The summed E-state index contributed by atoms with van der Waals surface area (Å²) in [6.07, 6.45) is 0. The topological polar surface area (TPSA) is 103 Å². The largest absolute Gasteiger partial charge is 0.496 e. The lowest BCUT2D eigenvalue weighted by molar-refractivity contribution is -0.384. The van der Waals surface area contributed by atoms with Crippen molar-refractivity contribution in [2.45, 2.75) is 0 Å². The van der Waals surface area contributed by atoms with E-state index in [0.29, 0.717) is 11.6 Å². The van der Waals surface area contributed by atoms with Gasteiger partial charge >= 0.3 is 5.69 Å². The van der Waals surface area contributed by atoms with Crippen LogP contribution in [0, 0.1) is 10.1 Å². The van der Waals surface area contributed by atoms with E-state index < -0.39 is 4.92 Å². The molecular formula is C12H11BrN4O3. The molecule has 20 heavy (non-hydrogen) atoms. The summed E-state index contributed by atoms with van der Waals surface area (Å²) < 4.78 is 5.90. The van der Waals surface area contributed by atoms with Gasteiger partial charge in [-0.15, -0.1) is 0 Å². The standard InChI is InChI=1S/C12H11BrN4O3/c1-20-10-4-2-7(6-8(10)13)15-11-5-3-9(17(18)19)12(14)16-11/h2-6H,1H3,(H3,14,15,16). The molecule has 0 amide bonds. The number of nitrogens with two attached hydrogens (primary N) is 1. The maximum atomic E-state index is 10.7. The van der Waals surface area contributed by atoms with Crippen LogP contribution in [-0.4, -0.2) is 17.0 Å². The van der Waals surface area contributed by atoms with Crippen molar-refractivity contribution in [2.75, 3.05) is 18.2 Å². The second-order valence-electron chi connectivity index (χ2n) is 3.83. The number of aromatic nitrogens is 1. The maximum Gasteiger partial charge on any atom is 0.311 e. The molecule has 7 nitrogen and oxygen atoms in total. The zero-order valence-corrected chi connectivity index (χ0v) is 12.0. The number of anilines is 3. The molecule has 0 saturated carbocycles. The van der Waals surface area contributed by atoms with Gasteiger partial charge in [-0.2, -0.15) is 0 Å². The summed E-state index contributed by atoms with van der Waals surface area (Å²) in [5, 5.41) is 13.7. The Hall–Kier alpha value is -2.35. The lowest BCUT2D eigenvalue weighted by Gasteiger charge is -2.09. The quantitative estimate of drug-likeness (QED) is 0.655. The molecule has 0 aliphatic heterocycles. The minimum atomic E-state index is -0.573. The van der Waals surface area contributed by atoms with Gasteiger partial charge in [0.1, 0.15) is 11.6 Å². The Labute approximate surface area is 123 Å². The molecule has 104 valence electrons. The molecule has 0 atom stereocenters. The van der Waals surface area contributed by atoms with Gasteiger partial charge in [-0.3, -0.25) is 10.1 Å². The van der Waals surface area contributed by atoms with Crippen molar-refractivity contribution in [3.05, 3.63) is 44.9 Å². The lowest BCUT2D eigenvalue weighted by Crippen LogP contribution is -2.01. The summed E-state index contributed by atoms with van der Waals surface area (Å²) >= 11 is 3.37. The molecule has 2 rings (SSSR count). The molecule has 0 fully saturated rings. The summed E-state index contributed by atoms with van der Waals surface area (Å²) in [5.74, 6) is 0.990. The molecule has 1 aromatic heterocycles. The van der Waals surface area contributed by atoms with Gasteiger partial charge in [0.05, 0.1) is 16.5 Å². The van der Waals surface area contributed by atoms with Crippen LogP contribution in [0.3, 0.4) is 0 Å². The Balaban J connectivity index is 2.24. The van der Waals surface area contributed by atoms with Crippen molar-refractivity contribution < 1.29 is 9.66 Å². The van der Waals surface area contributed by atoms with Crippen LogP contribution < -0.4 is 15.8 Å². The number of hydrogen-bond donors (Lipinski definition) is 2. The second kappa shape index (κ2) is 5.74. The van der Waals surface area contributed by atoms with Crippen molar-refractivity contribution >= 4 is 38.9 Å². The molecule has 0 unspecified atom stereocenters. The Bertz CT molecular complexity index is 663. The third-order valence-corrected chi connectivity index (χ3v) is 3.14. The summed E-state index contributed by atoms with van der Waals surface area (Å²) in [7, 11) is 1.58. The smallest absolute Gasteiger partial charge is 0.311 e. The van der Waals surface area contributed by atoms with E-state index in [0.717, 1.165) is 10.2 Å². The van der Waals surface area contributed by atoms with E-state index in [1.807, 2.05) is 0 Å². The molecule has 0 aliphatic carbocycles. The highest BCUT2D eigenvalue weighted by Crippen LogP contribution is 2.29. The molecule has 0 saturated heterocycles. The van der Waals surface area contributed by atoms with Crippen LogP contribution in [0.2, 0.25) is 0 Å². The highest BCUT2D eigenvalue weighted by Gasteiger charge is 2.13. The first kappa shape index (κ1) is 14.1. The lowest BCUT2D eigenvalue weighted by atomic mass is 10.3. The van der Waals surface area contributed by atoms with Crippen molar-refractivity contribution in [1.29, 1.82) is 0 Å². The average molecular weight is 339 g/mol. The van der Waals surface area contributed by atoms with Gasteiger partial charge < -0.3 is 15.8 Å². The fourth-order valence-electron chi connectivity index (χ4n) is 1.58. The molecule has 1 heterocycles. The highest BCUT2D eigenvalue weighted by molar-refractivity contribution is 9.10. The number of nitrogens with zero attached hydrogens (tertiary/aromatic N) is 2. The number of rotatable bonds is 4. The van der Waals surface area contributed by atoms with Crippen LogP contribution in [0.4, 0.5) is 23.0 Å². The summed E-state index contributed by atoms with van der Waals surface area (Å²) in [6.45, 7) is 0. The van der Waals surface area contributed by atoms with Crippen molar-refractivity contribution in [3.8, 4) is 5.75 Å². The van der Waals surface area contributed by atoms with Gasteiger partial charge in [0.2, 0.25) is 5.82 Å². The predicted octanol–water partition coefficient (Wildman–Crippen LogP) is 3.09. The molecule has 2 aromatic rings. The summed E-state index contributed by atoms with van der Waals surface area (Å²) in [5.41, 5.74) is 6.06. The minimum absolute atomic E-state index is 0.132. The highest BCUT2D eigenvalue weighted by atomic mass is 79.9. The van der Waals surface area contributed by atoms with Crippen LogP contribution in [-0.2, 0) is 0 Å². The Morgan fingerprint density at radius 3 is 2.70 bits per heavy atom. The normalized spacial score (nSPS) is 10.1. The van der Waals surface area contributed by atoms with Crippen LogP contribution in [0.15, 0.2) is 34.8 Å². The minimum Gasteiger partial charge on any atom is -0.496 e. The molecule has 0 aliphatic rings. The first-order valence-electron chi connectivity index (χ1n) is 5.52. The fourth-order valence-corrected chi connectivity index (χ4v) is 2.12. The van der Waals surface area contributed by atoms with E-state index in [2.05, 4.69) is 26.2 Å². The number of pyridine rings is 1. The monoisotopic (exact) mass is 338 g/mol. The van der Waals surface area contributed by atoms with Gasteiger partial charge in [-0.05, 0) is 40.2 Å². The number of nitrogens with one attached hydrogen (secondary N) is 1. The molecule has 3 N–H and O–H groups in total. The fraction of sp³-hybridized carbons (Fsp3) is 0.0833. The number of benzene rings is 1. The van der Waals surface area contributed by atoms with Crippen LogP contribution in [0.25, 0.3) is 0 Å². The maximum absolute atomic E-state index is 10.7. The molecular weight excluding hydrogens is 328 g/mol. The van der Waals surface area contributed by atoms with E-state index in [1.54, 1.807) is 25.3 Å². The summed E-state index contributed by atoms with van der Waals surface area (Å²) in [6, 6.07) is 8.18. The first-order valence-corrected chi connectivity index (χ1v) is 6.32. The van der Waals surface area contributed by atoms with E-state index in [-0.39, 0.29) is 11.5 Å². The van der Waals surface area contributed by atoms with Gasteiger partial charge in [-0.1, -0.05) is 0 Å². The van der Waals surface area contributed by atoms with Gasteiger partial charge in [0.15, 0.2) is 0 Å². The van der Waals surface area contributed by atoms with Crippen LogP contribution >= 0.6 is 15.9 Å². The number of methoxy groups -OCH3 is 1. The first-order chi connectivity index (χ1) is 9.51. The van der Waals surface area contributed by atoms with E-state index >= 15 is 0 Å². The number of halogens is 1.